The monoisotopic (exact) mass is 291 g/mol. The molecule has 0 N–H and O–H groups in total. The average Bonchev–Trinajstić information content (AvgIpc) is 2.78. The Kier molecular flexibility index (Phi) is 3.41. The number of fused-ring (bicyclic) bond motifs is 1. The second-order valence-electron chi connectivity index (χ2n) is 5.52. The number of hydrogen-bond acceptors (Lipinski definition) is 2. The van der Waals surface area contributed by atoms with Crippen molar-refractivity contribution in [1.29, 1.82) is 0 Å². The summed E-state index contributed by atoms with van der Waals surface area (Å²) in [5.41, 5.74) is 3.89. The van der Waals surface area contributed by atoms with Crippen molar-refractivity contribution < 1.29 is 9.59 Å². The minimum atomic E-state index is -0.00451. The zero-order valence-corrected chi connectivity index (χ0v) is 12.9. The predicted octanol–water partition coefficient (Wildman–Crippen LogP) is 3.92. The van der Waals surface area contributed by atoms with Crippen molar-refractivity contribution >= 4 is 22.5 Å². The molecule has 0 aliphatic rings. The van der Waals surface area contributed by atoms with Gasteiger partial charge in [-0.25, -0.2) is 0 Å². The van der Waals surface area contributed by atoms with Gasteiger partial charge in [-0.15, -0.1) is 0 Å². The molecule has 0 saturated carbocycles. The average molecular weight is 291 g/mol. The second-order valence-corrected chi connectivity index (χ2v) is 5.52. The number of aromatic nitrogens is 1. The smallest absolute Gasteiger partial charge is 0.193 e. The highest BCUT2D eigenvalue weighted by Gasteiger charge is 2.17. The quantitative estimate of drug-likeness (QED) is 0.686. The zero-order chi connectivity index (χ0) is 15.9. The van der Waals surface area contributed by atoms with E-state index in [-0.39, 0.29) is 11.6 Å². The molecular weight excluding hydrogens is 274 g/mol. The molecule has 0 saturated heterocycles. The molecule has 2 aromatic carbocycles. The lowest BCUT2D eigenvalue weighted by molar-refractivity contribution is 0.100. The van der Waals surface area contributed by atoms with Crippen molar-refractivity contribution in [2.75, 3.05) is 0 Å². The molecule has 0 aliphatic carbocycles. The first kappa shape index (κ1) is 14.3. The Morgan fingerprint density at radius 3 is 2.27 bits per heavy atom. The topological polar surface area (TPSA) is 39.1 Å². The van der Waals surface area contributed by atoms with Crippen molar-refractivity contribution in [1.82, 2.24) is 4.57 Å². The van der Waals surface area contributed by atoms with Crippen LogP contribution in [-0.4, -0.2) is 16.1 Å². The summed E-state index contributed by atoms with van der Waals surface area (Å²) in [5, 5.41) is 0.953. The molecule has 3 nitrogen and oxygen atoms in total. The molecular formula is C19H17NO2. The van der Waals surface area contributed by atoms with Gasteiger partial charge in [0.1, 0.15) is 0 Å². The van der Waals surface area contributed by atoms with E-state index in [9.17, 15) is 9.59 Å². The molecule has 22 heavy (non-hydrogen) atoms. The summed E-state index contributed by atoms with van der Waals surface area (Å²) >= 11 is 0. The van der Waals surface area contributed by atoms with Crippen LogP contribution < -0.4 is 0 Å². The van der Waals surface area contributed by atoms with E-state index in [1.807, 2.05) is 67.1 Å². The molecule has 0 aliphatic heterocycles. The normalized spacial score (nSPS) is 10.9. The van der Waals surface area contributed by atoms with E-state index in [1.54, 1.807) is 6.92 Å². The molecule has 110 valence electrons. The first-order valence-electron chi connectivity index (χ1n) is 7.20. The lowest BCUT2D eigenvalue weighted by Gasteiger charge is -2.03. The predicted molar refractivity (Wildman–Crippen MR) is 87.5 cm³/mol. The van der Waals surface area contributed by atoms with E-state index in [1.165, 1.54) is 0 Å². The standard InChI is InChI=1S/C19H17NO2/c1-12-16-11-15(19(22)14-7-5-4-6-8-14)9-10-17(16)20(3)18(12)13(2)21/h4-11H,1-3H3. The maximum absolute atomic E-state index is 12.6. The first-order valence-corrected chi connectivity index (χ1v) is 7.20. The fourth-order valence-electron chi connectivity index (χ4n) is 3.03. The number of aryl methyl sites for hydroxylation is 2. The van der Waals surface area contributed by atoms with Crippen molar-refractivity contribution in [3.8, 4) is 0 Å². The van der Waals surface area contributed by atoms with Gasteiger partial charge < -0.3 is 4.57 Å². The Bertz CT molecular complexity index is 889. The molecule has 0 radical (unpaired) electrons. The molecule has 0 spiro atoms. The van der Waals surface area contributed by atoms with Crippen LogP contribution in [0, 0.1) is 6.92 Å². The third kappa shape index (κ3) is 2.15. The van der Waals surface area contributed by atoms with Gasteiger partial charge in [0.25, 0.3) is 0 Å². The fraction of sp³-hybridized carbons (Fsp3) is 0.158. The molecule has 0 unspecified atom stereocenters. The van der Waals surface area contributed by atoms with Crippen LogP contribution in [-0.2, 0) is 7.05 Å². The molecule has 3 heteroatoms. The van der Waals surface area contributed by atoms with Crippen LogP contribution in [0.25, 0.3) is 10.9 Å². The van der Waals surface area contributed by atoms with Crippen molar-refractivity contribution in [2.24, 2.45) is 7.05 Å². The summed E-state index contributed by atoms with van der Waals surface area (Å²) in [7, 11) is 1.88. The highest BCUT2D eigenvalue weighted by Crippen LogP contribution is 2.27. The molecule has 0 fully saturated rings. The number of rotatable bonds is 3. The maximum Gasteiger partial charge on any atom is 0.193 e. The SMILES string of the molecule is CC(=O)c1c(C)c2cc(C(=O)c3ccccc3)ccc2n1C. The molecule has 0 atom stereocenters. The second kappa shape index (κ2) is 5.26. The van der Waals surface area contributed by atoms with Crippen molar-refractivity contribution in [2.45, 2.75) is 13.8 Å². The van der Waals surface area contributed by atoms with Gasteiger partial charge in [-0.2, -0.15) is 0 Å². The van der Waals surface area contributed by atoms with Gasteiger partial charge in [-0.05, 0) is 30.7 Å². The van der Waals surface area contributed by atoms with Gasteiger partial charge >= 0.3 is 0 Å². The number of benzene rings is 2. The number of ketones is 2. The van der Waals surface area contributed by atoms with Crippen LogP contribution in [0.3, 0.4) is 0 Å². The third-order valence-electron chi connectivity index (χ3n) is 4.08. The number of nitrogens with zero attached hydrogens (tertiary/aromatic N) is 1. The van der Waals surface area contributed by atoms with Crippen LogP contribution in [0.1, 0.15) is 38.9 Å². The largest absolute Gasteiger partial charge is 0.341 e. The van der Waals surface area contributed by atoms with Gasteiger partial charge in [0.15, 0.2) is 11.6 Å². The van der Waals surface area contributed by atoms with Crippen molar-refractivity contribution in [3.63, 3.8) is 0 Å². The third-order valence-corrected chi connectivity index (χ3v) is 4.08. The van der Waals surface area contributed by atoms with Gasteiger partial charge in [-0.3, -0.25) is 9.59 Å². The van der Waals surface area contributed by atoms with E-state index >= 15 is 0 Å². The van der Waals surface area contributed by atoms with Crippen LogP contribution in [0.5, 0.6) is 0 Å². The summed E-state index contributed by atoms with van der Waals surface area (Å²) in [5.74, 6) is 0.0299. The Balaban J connectivity index is 2.17. The highest BCUT2D eigenvalue weighted by molar-refractivity contribution is 6.11. The van der Waals surface area contributed by atoms with E-state index < -0.39 is 0 Å². The zero-order valence-electron chi connectivity index (χ0n) is 12.9. The van der Waals surface area contributed by atoms with E-state index in [0.717, 1.165) is 16.5 Å². The van der Waals surface area contributed by atoms with Gasteiger partial charge in [0.05, 0.1) is 5.69 Å². The van der Waals surface area contributed by atoms with Crippen LogP contribution in [0.4, 0.5) is 0 Å². The highest BCUT2D eigenvalue weighted by atomic mass is 16.1. The molecule has 0 amide bonds. The molecule has 1 aromatic heterocycles. The summed E-state index contributed by atoms with van der Waals surface area (Å²) in [4.78, 5) is 24.4. The van der Waals surface area contributed by atoms with Gasteiger partial charge in [0.2, 0.25) is 0 Å². The number of carbonyl (C=O) groups is 2. The summed E-state index contributed by atoms with van der Waals surface area (Å²) in [6.07, 6.45) is 0. The Morgan fingerprint density at radius 1 is 0.955 bits per heavy atom. The molecule has 1 heterocycles. The van der Waals surface area contributed by atoms with Gasteiger partial charge in [0, 0.05) is 36.0 Å². The maximum atomic E-state index is 12.6. The minimum absolute atomic E-state index is 0.00451. The lowest BCUT2D eigenvalue weighted by atomic mass is 10.0. The van der Waals surface area contributed by atoms with Crippen molar-refractivity contribution in [3.05, 3.63) is 70.9 Å². The summed E-state index contributed by atoms with van der Waals surface area (Å²) < 4.78 is 1.89. The van der Waals surface area contributed by atoms with E-state index in [2.05, 4.69) is 0 Å². The van der Waals surface area contributed by atoms with E-state index in [4.69, 9.17) is 0 Å². The molecule has 3 rings (SSSR count). The summed E-state index contributed by atoms with van der Waals surface area (Å²) in [6, 6.07) is 14.8. The molecule has 3 aromatic rings. The summed E-state index contributed by atoms with van der Waals surface area (Å²) in [6.45, 7) is 3.49. The number of hydrogen-bond donors (Lipinski definition) is 0. The minimum Gasteiger partial charge on any atom is -0.341 e. The van der Waals surface area contributed by atoms with E-state index in [0.29, 0.717) is 16.8 Å². The van der Waals surface area contributed by atoms with Gasteiger partial charge in [-0.1, -0.05) is 30.3 Å². The Labute approximate surface area is 129 Å². The van der Waals surface area contributed by atoms with Crippen LogP contribution in [0.2, 0.25) is 0 Å². The first-order chi connectivity index (χ1) is 10.5. The number of carbonyl (C=O) groups excluding carboxylic acids is 2. The number of Topliss-reactive ketones (excluding diaryl/α,β-unsaturated/α-hetero) is 1. The Hall–Kier alpha value is -2.68. The fourth-order valence-corrected chi connectivity index (χ4v) is 3.03. The lowest BCUT2D eigenvalue weighted by Crippen LogP contribution is -2.02. The molecule has 0 bridgehead atoms. The van der Waals surface area contributed by atoms with Crippen LogP contribution >= 0.6 is 0 Å². The Morgan fingerprint density at radius 2 is 1.64 bits per heavy atom. The van der Waals surface area contributed by atoms with Crippen LogP contribution in [0.15, 0.2) is 48.5 Å².